The first-order chi connectivity index (χ1) is 8.31. The van der Waals surface area contributed by atoms with Crippen LogP contribution in [0.15, 0.2) is 12.4 Å². The van der Waals surface area contributed by atoms with Crippen molar-refractivity contribution in [2.75, 3.05) is 19.6 Å². The Labute approximate surface area is 103 Å². The van der Waals surface area contributed by atoms with E-state index in [1.807, 2.05) is 17.9 Å². The molecular weight excluding hydrogens is 212 g/mol. The fourth-order valence-electron chi connectivity index (χ4n) is 2.78. The Bertz CT molecular complexity index is 369. The van der Waals surface area contributed by atoms with Crippen molar-refractivity contribution in [2.45, 2.75) is 31.8 Å². The largest absolute Gasteiger partial charge is 0.312 e. The number of nitrogens with zero attached hydrogens (tertiary/aromatic N) is 3. The van der Waals surface area contributed by atoms with Gasteiger partial charge in [-0.15, -0.1) is 0 Å². The number of nitrogens with one attached hydrogen (secondary N) is 1. The number of aryl methyl sites for hydroxylation is 1. The van der Waals surface area contributed by atoms with Gasteiger partial charge in [0.2, 0.25) is 0 Å². The van der Waals surface area contributed by atoms with Crippen molar-refractivity contribution in [2.24, 2.45) is 13.0 Å². The van der Waals surface area contributed by atoms with Gasteiger partial charge in [-0.25, -0.2) is 0 Å². The van der Waals surface area contributed by atoms with Gasteiger partial charge in [0, 0.05) is 37.9 Å². The van der Waals surface area contributed by atoms with E-state index in [1.54, 1.807) is 0 Å². The molecule has 2 heterocycles. The topological polar surface area (TPSA) is 33.1 Å². The van der Waals surface area contributed by atoms with E-state index in [2.05, 4.69) is 21.5 Å². The first kappa shape index (κ1) is 11.2. The van der Waals surface area contributed by atoms with Crippen LogP contribution >= 0.6 is 0 Å². The van der Waals surface area contributed by atoms with Crippen molar-refractivity contribution in [3.8, 4) is 0 Å². The third-order valence-electron chi connectivity index (χ3n) is 3.90. The number of rotatable bonds is 5. The van der Waals surface area contributed by atoms with Gasteiger partial charge >= 0.3 is 0 Å². The second-order valence-electron chi connectivity index (χ2n) is 5.53. The molecule has 17 heavy (non-hydrogen) atoms. The van der Waals surface area contributed by atoms with Crippen molar-refractivity contribution in [3.05, 3.63) is 18.0 Å². The molecule has 1 aliphatic carbocycles. The van der Waals surface area contributed by atoms with Gasteiger partial charge < -0.3 is 10.2 Å². The molecular formula is C13H22N4. The average Bonchev–Trinajstić information content (AvgIpc) is 2.93. The van der Waals surface area contributed by atoms with Crippen LogP contribution in [0.5, 0.6) is 0 Å². The molecule has 2 fully saturated rings. The van der Waals surface area contributed by atoms with E-state index in [-0.39, 0.29) is 0 Å². The lowest BCUT2D eigenvalue weighted by Gasteiger charge is -2.14. The van der Waals surface area contributed by atoms with Gasteiger partial charge in [-0.2, -0.15) is 5.10 Å². The molecule has 4 heteroatoms. The zero-order chi connectivity index (χ0) is 11.7. The summed E-state index contributed by atoms with van der Waals surface area (Å²) in [6.45, 7) is 4.74. The lowest BCUT2D eigenvalue weighted by atomic mass is 10.1. The molecule has 0 radical (unpaired) electrons. The van der Waals surface area contributed by atoms with Crippen LogP contribution in [0.25, 0.3) is 0 Å². The van der Waals surface area contributed by atoms with E-state index in [9.17, 15) is 0 Å². The van der Waals surface area contributed by atoms with Gasteiger partial charge in [0.05, 0.1) is 6.20 Å². The summed E-state index contributed by atoms with van der Waals surface area (Å²) in [4.78, 5) is 2.68. The van der Waals surface area contributed by atoms with E-state index in [0.29, 0.717) is 0 Å². The molecule has 1 saturated carbocycles. The second-order valence-corrected chi connectivity index (χ2v) is 5.53. The average molecular weight is 234 g/mol. The lowest BCUT2D eigenvalue weighted by Crippen LogP contribution is -2.27. The molecule has 1 aliphatic heterocycles. The van der Waals surface area contributed by atoms with Gasteiger partial charge in [0.25, 0.3) is 0 Å². The van der Waals surface area contributed by atoms with Crippen LogP contribution in [-0.2, 0) is 13.6 Å². The minimum Gasteiger partial charge on any atom is -0.312 e. The zero-order valence-electron chi connectivity index (χ0n) is 10.6. The summed E-state index contributed by atoms with van der Waals surface area (Å²) in [6, 6.07) is 0.943. The fraction of sp³-hybridized carbons (Fsp3) is 0.769. The van der Waals surface area contributed by atoms with E-state index < -0.39 is 0 Å². The van der Waals surface area contributed by atoms with Crippen LogP contribution in [0.1, 0.15) is 24.8 Å². The minimum absolute atomic E-state index is 0.854. The van der Waals surface area contributed by atoms with Gasteiger partial charge in [-0.3, -0.25) is 4.68 Å². The molecule has 0 aromatic carbocycles. The van der Waals surface area contributed by atoms with Crippen molar-refractivity contribution in [3.63, 3.8) is 0 Å². The molecule has 0 unspecified atom stereocenters. The Kier molecular flexibility index (Phi) is 3.16. The van der Waals surface area contributed by atoms with E-state index >= 15 is 0 Å². The van der Waals surface area contributed by atoms with Crippen molar-refractivity contribution < 1.29 is 0 Å². The molecule has 1 atom stereocenters. The lowest BCUT2D eigenvalue weighted by molar-refractivity contribution is 0.312. The van der Waals surface area contributed by atoms with Crippen molar-refractivity contribution in [1.82, 2.24) is 20.0 Å². The Morgan fingerprint density at radius 3 is 3.00 bits per heavy atom. The zero-order valence-corrected chi connectivity index (χ0v) is 10.6. The Balaban J connectivity index is 1.37. The van der Waals surface area contributed by atoms with Gasteiger partial charge in [0.15, 0.2) is 0 Å². The summed E-state index contributed by atoms with van der Waals surface area (Å²) >= 11 is 0. The summed E-state index contributed by atoms with van der Waals surface area (Å²) in [7, 11) is 1.97. The fourth-order valence-corrected chi connectivity index (χ4v) is 2.78. The molecule has 4 nitrogen and oxygen atoms in total. The standard InChI is InChI=1S/C13H22N4/c1-16-9-12(8-15-16)7-14-6-11-4-5-17(10-11)13-2-3-13/h8-9,11,13-14H,2-7,10H2,1H3/t11-/m0/s1. The molecule has 1 N–H and O–H groups in total. The van der Waals surface area contributed by atoms with E-state index in [0.717, 1.165) is 25.0 Å². The van der Waals surface area contributed by atoms with Crippen LogP contribution in [0.2, 0.25) is 0 Å². The van der Waals surface area contributed by atoms with Crippen LogP contribution in [-0.4, -0.2) is 40.4 Å². The van der Waals surface area contributed by atoms with Crippen molar-refractivity contribution in [1.29, 1.82) is 0 Å². The quantitative estimate of drug-likeness (QED) is 0.825. The van der Waals surface area contributed by atoms with E-state index in [1.165, 1.54) is 37.9 Å². The van der Waals surface area contributed by atoms with Crippen LogP contribution in [0.4, 0.5) is 0 Å². The molecule has 2 aliphatic rings. The molecule has 94 valence electrons. The maximum Gasteiger partial charge on any atom is 0.0534 e. The summed E-state index contributed by atoms with van der Waals surface area (Å²) in [5.74, 6) is 0.854. The second kappa shape index (κ2) is 4.78. The maximum atomic E-state index is 4.18. The molecule has 1 aromatic rings. The molecule has 1 aromatic heterocycles. The highest BCUT2D eigenvalue weighted by Crippen LogP contribution is 2.31. The first-order valence-electron chi connectivity index (χ1n) is 6.73. The van der Waals surface area contributed by atoms with E-state index in [4.69, 9.17) is 0 Å². The Hall–Kier alpha value is -0.870. The highest BCUT2D eigenvalue weighted by Gasteiger charge is 2.33. The number of aromatic nitrogens is 2. The molecule has 0 spiro atoms. The van der Waals surface area contributed by atoms with Crippen LogP contribution in [0, 0.1) is 5.92 Å². The summed E-state index contributed by atoms with van der Waals surface area (Å²) in [5, 5.41) is 7.74. The third kappa shape index (κ3) is 2.87. The normalized spacial score (nSPS) is 25.6. The molecule has 0 amide bonds. The predicted octanol–water partition coefficient (Wildman–Crippen LogP) is 0.994. The molecule has 0 bridgehead atoms. The van der Waals surface area contributed by atoms with Crippen LogP contribution in [0.3, 0.4) is 0 Å². The monoisotopic (exact) mass is 234 g/mol. The summed E-state index contributed by atoms with van der Waals surface area (Å²) < 4.78 is 1.86. The SMILES string of the molecule is Cn1cc(CNC[C@@H]2CCN(C3CC3)C2)cn1. The van der Waals surface area contributed by atoms with Gasteiger partial charge in [-0.05, 0) is 38.3 Å². The maximum absolute atomic E-state index is 4.18. The number of hydrogen-bond donors (Lipinski definition) is 1. The molecule has 3 rings (SSSR count). The Morgan fingerprint density at radius 1 is 1.41 bits per heavy atom. The highest BCUT2D eigenvalue weighted by atomic mass is 15.2. The third-order valence-corrected chi connectivity index (χ3v) is 3.90. The molecule has 1 saturated heterocycles. The summed E-state index contributed by atoms with van der Waals surface area (Å²) in [6.07, 6.45) is 8.28. The number of likely N-dealkylation sites (tertiary alicyclic amines) is 1. The minimum atomic E-state index is 0.854. The Morgan fingerprint density at radius 2 is 2.29 bits per heavy atom. The summed E-state index contributed by atoms with van der Waals surface area (Å²) in [5.41, 5.74) is 1.28. The predicted molar refractivity (Wildman–Crippen MR) is 67.6 cm³/mol. The number of hydrogen-bond acceptors (Lipinski definition) is 3. The van der Waals surface area contributed by atoms with Gasteiger partial charge in [-0.1, -0.05) is 0 Å². The smallest absolute Gasteiger partial charge is 0.0534 e. The van der Waals surface area contributed by atoms with Gasteiger partial charge in [0.1, 0.15) is 0 Å². The highest BCUT2D eigenvalue weighted by molar-refractivity contribution is 5.02. The van der Waals surface area contributed by atoms with Crippen LogP contribution < -0.4 is 5.32 Å². The first-order valence-corrected chi connectivity index (χ1v) is 6.73. The van der Waals surface area contributed by atoms with Crippen molar-refractivity contribution >= 4 is 0 Å².